The minimum atomic E-state index is -0.0382. The van der Waals surface area contributed by atoms with Crippen LogP contribution < -0.4 is 11.1 Å². The van der Waals surface area contributed by atoms with E-state index in [1.165, 1.54) is 11.1 Å². The van der Waals surface area contributed by atoms with Crippen molar-refractivity contribution < 1.29 is 4.79 Å². The summed E-state index contributed by atoms with van der Waals surface area (Å²) in [6.07, 6.45) is 1.90. The van der Waals surface area contributed by atoms with Gasteiger partial charge in [0, 0.05) is 18.7 Å². The Labute approximate surface area is 126 Å². The second-order valence-corrected chi connectivity index (χ2v) is 5.08. The van der Waals surface area contributed by atoms with Crippen LogP contribution in [-0.2, 0) is 19.4 Å². The predicted molar refractivity (Wildman–Crippen MR) is 86.2 cm³/mol. The monoisotopic (exact) mass is 282 g/mol. The van der Waals surface area contributed by atoms with Crippen molar-refractivity contribution in [1.82, 2.24) is 5.32 Å². The molecule has 2 rings (SSSR count). The molecule has 0 atom stereocenters. The number of nitrogens with one attached hydrogen (secondary N) is 1. The number of carbonyl (C=O) groups is 1. The lowest BCUT2D eigenvalue weighted by Gasteiger charge is -2.07. The zero-order chi connectivity index (χ0) is 15.1. The van der Waals surface area contributed by atoms with Gasteiger partial charge >= 0.3 is 0 Å². The normalized spacial score (nSPS) is 10.4. The molecule has 0 heterocycles. The summed E-state index contributed by atoms with van der Waals surface area (Å²) in [5, 5.41) is 2.94. The quantitative estimate of drug-likeness (QED) is 0.856. The fraction of sp³-hybridized carbons (Fsp3) is 0.278. The molecule has 0 aromatic heterocycles. The zero-order valence-corrected chi connectivity index (χ0v) is 12.4. The van der Waals surface area contributed by atoms with Crippen LogP contribution >= 0.6 is 0 Å². The van der Waals surface area contributed by atoms with Gasteiger partial charge < -0.3 is 11.1 Å². The average molecular weight is 282 g/mol. The van der Waals surface area contributed by atoms with E-state index in [1.54, 1.807) is 0 Å². The molecule has 0 saturated carbocycles. The largest absolute Gasteiger partial charge is 0.352 e. The molecule has 0 unspecified atom stereocenters. The number of nitrogens with two attached hydrogens (primary N) is 1. The Morgan fingerprint density at radius 1 is 0.952 bits per heavy atom. The van der Waals surface area contributed by atoms with Gasteiger partial charge in [-0.25, -0.2) is 0 Å². The van der Waals surface area contributed by atoms with E-state index in [1.807, 2.05) is 24.3 Å². The molecule has 2 aromatic carbocycles. The molecule has 3 heteroatoms. The lowest BCUT2D eigenvalue weighted by molar-refractivity contribution is 0.0954. The average Bonchev–Trinajstić information content (AvgIpc) is 2.55. The molecular weight excluding hydrogens is 260 g/mol. The Hall–Kier alpha value is -2.13. The summed E-state index contributed by atoms with van der Waals surface area (Å²) < 4.78 is 0. The van der Waals surface area contributed by atoms with Crippen LogP contribution in [0.15, 0.2) is 48.5 Å². The van der Waals surface area contributed by atoms with Crippen LogP contribution in [0.4, 0.5) is 0 Å². The van der Waals surface area contributed by atoms with E-state index >= 15 is 0 Å². The number of hydrogen-bond donors (Lipinski definition) is 2. The number of amides is 1. The molecule has 110 valence electrons. The summed E-state index contributed by atoms with van der Waals surface area (Å²) in [5.41, 5.74) is 9.82. The predicted octanol–water partition coefficient (Wildman–Crippen LogP) is 2.68. The summed E-state index contributed by atoms with van der Waals surface area (Å²) in [5.74, 6) is -0.0382. The first-order chi connectivity index (χ1) is 10.2. The highest BCUT2D eigenvalue weighted by Crippen LogP contribution is 2.06. The first-order valence-corrected chi connectivity index (χ1v) is 7.38. The van der Waals surface area contributed by atoms with Crippen molar-refractivity contribution in [2.45, 2.75) is 26.3 Å². The lowest BCUT2D eigenvalue weighted by Crippen LogP contribution is -2.25. The summed E-state index contributed by atoms with van der Waals surface area (Å²) in [4.78, 5) is 12.0. The maximum absolute atomic E-state index is 12.0. The third kappa shape index (κ3) is 4.43. The second kappa shape index (κ2) is 7.60. The van der Waals surface area contributed by atoms with Crippen LogP contribution in [0, 0.1) is 0 Å². The van der Waals surface area contributed by atoms with E-state index in [4.69, 9.17) is 5.73 Å². The van der Waals surface area contributed by atoms with E-state index in [2.05, 4.69) is 36.5 Å². The molecule has 0 fully saturated rings. The molecular formula is C18H22N2O. The summed E-state index contributed by atoms with van der Waals surface area (Å²) in [6.45, 7) is 3.28. The summed E-state index contributed by atoms with van der Waals surface area (Å²) in [6, 6.07) is 15.9. The lowest BCUT2D eigenvalue weighted by atomic mass is 10.1. The van der Waals surface area contributed by atoms with Crippen molar-refractivity contribution in [3.05, 3.63) is 70.8 Å². The molecule has 0 saturated heterocycles. The van der Waals surface area contributed by atoms with Gasteiger partial charge in [-0.15, -0.1) is 0 Å². The number of benzene rings is 2. The van der Waals surface area contributed by atoms with Crippen LogP contribution in [0.25, 0.3) is 0 Å². The minimum Gasteiger partial charge on any atom is -0.352 e. The fourth-order valence-corrected chi connectivity index (χ4v) is 2.16. The molecule has 0 bridgehead atoms. The van der Waals surface area contributed by atoms with Gasteiger partial charge in [-0.3, -0.25) is 4.79 Å². The van der Waals surface area contributed by atoms with Crippen LogP contribution in [0.5, 0.6) is 0 Å². The van der Waals surface area contributed by atoms with E-state index in [0.717, 1.165) is 18.4 Å². The van der Waals surface area contributed by atoms with Gasteiger partial charge in [0.15, 0.2) is 0 Å². The topological polar surface area (TPSA) is 55.1 Å². The van der Waals surface area contributed by atoms with Gasteiger partial charge in [-0.1, -0.05) is 43.3 Å². The van der Waals surface area contributed by atoms with Gasteiger partial charge in [0.25, 0.3) is 5.91 Å². The summed E-state index contributed by atoms with van der Waals surface area (Å²) in [7, 11) is 0. The van der Waals surface area contributed by atoms with Crippen LogP contribution in [0.2, 0.25) is 0 Å². The molecule has 0 aliphatic heterocycles. The first-order valence-electron chi connectivity index (χ1n) is 7.38. The molecule has 1 amide bonds. The van der Waals surface area contributed by atoms with Gasteiger partial charge in [-0.2, -0.15) is 0 Å². The van der Waals surface area contributed by atoms with Crippen LogP contribution in [-0.4, -0.2) is 12.5 Å². The molecule has 3 N–H and O–H groups in total. The maximum Gasteiger partial charge on any atom is 0.251 e. The van der Waals surface area contributed by atoms with Crippen molar-refractivity contribution >= 4 is 5.91 Å². The van der Waals surface area contributed by atoms with Gasteiger partial charge in [0.1, 0.15) is 0 Å². The number of carbonyl (C=O) groups excluding carboxylic acids is 1. The smallest absolute Gasteiger partial charge is 0.251 e. The highest BCUT2D eigenvalue weighted by atomic mass is 16.1. The van der Waals surface area contributed by atoms with Crippen molar-refractivity contribution in [2.24, 2.45) is 5.73 Å². The van der Waals surface area contributed by atoms with Crippen molar-refractivity contribution in [1.29, 1.82) is 0 Å². The van der Waals surface area contributed by atoms with Crippen molar-refractivity contribution in [3.63, 3.8) is 0 Å². The number of aryl methyl sites for hydroxylation is 1. The molecule has 0 radical (unpaired) electrons. The maximum atomic E-state index is 12.0. The van der Waals surface area contributed by atoms with Gasteiger partial charge in [-0.05, 0) is 41.7 Å². The minimum absolute atomic E-state index is 0.0382. The highest BCUT2D eigenvalue weighted by Gasteiger charge is 2.04. The molecule has 0 aliphatic rings. The van der Waals surface area contributed by atoms with E-state index in [0.29, 0.717) is 18.7 Å². The Morgan fingerprint density at radius 3 is 2.10 bits per heavy atom. The summed E-state index contributed by atoms with van der Waals surface area (Å²) >= 11 is 0. The van der Waals surface area contributed by atoms with Crippen LogP contribution in [0.3, 0.4) is 0 Å². The van der Waals surface area contributed by atoms with E-state index in [-0.39, 0.29) is 5.91 Å². The second-order valence-electron chi connectivity index (χ2n) is 5.08. The fourth-order valence-electron chi connectivity index (χ4n) is 2.16. The third-order valence-corrected chi connectivity index (χ3v) is 3.58. The van der Waals surface area contributed by atoms with Gasteiger partial charge in [0.05, 0.1) is 0 Å². The Balaban J connectivity index is 1.82. The van der Waals surface area contributed by atoms with Crippen molar-refractivity contribution in [2.75, 3.05) is 6.54 Å². The number of hydrogen-bond acceptors (Lipinski definition) is 2. The standard InChI is InChI=1S/C18H22N2O/c1-2-14-3-5-15(6-4-14)11-12-20-18(21)17-9-7-16(13-19)8-10-17/h3-10H,2,11-13,19H2,1H3,(H,20,21). The Bertz CT molecular complexity index is 573. The van der Waals surface area contributed by atoms with Crippen molar-refractivity contribution in [3.8, 4) is 0 Å². The SMILES string of the molecule is CCc1ccc(CCNC(=O)c2ccc(CN)cc2)cc1. The molecule has 2 aromatic rings. The zero-order valence-electron chi connectivity index (χ0n) is 12.4. The Morgan fingerprint density at radius 2 is 1.52 bits per heavy atom. The molecule has 0 aliphatic carbocycles. The van der Waals surface area contributed by atoms with Gasteiger partial charge in [0.2, 0.25) is 0 Å². The molecule has 21 heavy (non-hydrogen) atoms. The molecule has 0 spiro atoms. The van der Waals surface area contributed by atoms with Crippen LogP contribution in [0.1, 0.15) is 34.0 Å². The Kier molecular flexibility index (Phi) is 5.52. The first kappa shape index (κ1) is 15.3. The van der Waals surface area contributed by atoms with E-state index < -0.39 is 0 Å². The van der Waals surface area contributed by atoms with E-state index in [9.17, 15) is 4.79 Å². The molecule has 3 nitrogen and oxygen atoms in total. The number of rotatable bonds is 6. The highest BCUT2D eigenvalue weighted by molar-refractivity contribution is 5.94. The third-order valence-electron chi connectivity index (χ3n) is 3.58.